The summed E-state index contributed by atoms with van der Waals surface area (Å²) in [6.07, 6.45) is 1.40. The highest BCUT2D eigenvalue weighted by molar-refractivity contribution is 9.10. The van der Waals surface area contributed by atoms with E-state index in [2.05, 4.69) is 25.7 Å². The Balaban J connectivity index is 2.23. The molecule has 1 aromatic rings. The molecule has 17 heavy (non-hydrogen) atoms. The van der Waals surface area contributed by atoms with Crippen molar-refractivity contribution in [2.45, 2.75) is 5.92 Å². The zero-order chi connectivity index (χ0) is 12.6. The van der Waals surface area contributed by atoms with E-state index >= 15 is 0 Å². The Morgan fingerprint density at radius 1 is 1.59 bits per heavy atom. The molecular weight excluding hydrogens is 298 g/mol. The number of pyridine rings is 1. The van der Waals surface area contributed by atoms with E-state index in [1.165, 1.54) is 24.3 Å². The second-order valence-corrected chi connectivity index (χ2v) is 4.58. The van der Waals surface area contributed by atoms with Crippen LogP contribution in [0.1, 0.15) is 10.4 Å². The molecule has 0 amide bonds. The smallest absolute Gasteiger partial charge is 0.339 e. The molecule has 2 rings (SSSR count). The molecular formula is C10H9BrF2N2O2. The Hall–Kier alpha value is -1.24. The number of esters is 1. The summed E-state index contributed by atoms with van der Waals surface area (Å²) in [6.45, 7) is -0.746. The van der Waals surface area contributed by atoms with Crippen LogP contribution < -0.4 is 4.90 Å². The summed E-state index contributed by atoms with van der Waals surface area (Å²) in [5.74, 6) is -2.85. The number of nitrogens with zero attached hydrogens (tertiary/aromatic N) is 2. The van der Waals surface area contributed by atoms with Gasteiger partial charge in [-0.05, 0) is 22.0 Å². The van der Waals surface area contributed by atoms with Gasteiger partial charge < -0.3 is 9.64 Å². The van der Waals surface area contributed by atoms with Crippen LogP contribution in [-0.2, 0) is 4.74 Å². The van der Waals surface area contributed by atoms with E-state index in [4.69, 9.17) is 0 Å². The van der Waals surface area contributed by atoms with Gasteiger partial charge in [-0.1, -0.05) is 0 Å². The van der Waals surface area contributed by atoms with E-state index in [0.717, 1.165) is 0 Å². The molecule has 0 spiro atoms. The molecule has 0 saturated carbocycles. The van der Waals surface area contributed by atoms with E-state index in [-0.39, 0.29) is 18.7 Å². The molecule has 1 aliphatic rings. The van der Waals surface area contributed by atoms with Crippen molar-refractivity contribution >= 4 is 27.7 Å². The van der Waals surface area contributed by atoms with Gasteiger partial charge in [-0.25, -0.2) is 18.6 Å². The van der Waals surface area contributed by atoms with Crippen LogP contribution in [-0.4, -0.2) is 37.1 Å². The standard InChI is InChI=1S/C10H9BrF2N2O2/c1-17-9(16)6-2-8(14-3-7(6)11)15-4-10(12,13)5-15/h2-3H,4-5H2,1H3. The van der Waals surface area contributed by atoms with Crippen molar-refractivity contribution in [1.29, 1.82) is 0 Å². The van der Waals surface area contributed by atoms with E-state index in [0.29, 0.717) is 10.3 Å². The summed E-state index contributed by atoms with van der Waals surface area (Å²) >= 11 is 3.15. The van der Waals surface area contributed by atoms with E-state index in [1.807, 2.05) is 0 Å². The molecule has 1 aliphatic heterocycles. The molecule has 0 radical (unpaired) electrons. The molecule has 0 N–H and O–H groups in total. The quantitative estimate of drug-likeness (QED) is 0.785. The van der Waals surface area contributed by atoms with Gasteiger partial charge in [0.25, 0.3) is 5.92 Å². The van der Waals surface area contributed by atoms with Gasteiger partial charge in [0.2, 0.25) is 0 Å². The SMILES string of the molecule is COC(=O)c1cc(N2CC(F)(F)C2)ncc1Br. The summed E-state index contributed by atoms with van der Waals surface area (Å²) in [5.41, 5.74) is 0.271. The van der Waals surface area contributed by atoms with Crippen molar-refractivity contribution in [2.24, 2.45) is 0 Å². The van der Waals surface area contributed by atoms with Gasteiger partial charge in [-0.3, -0.25) is 0 Å². The molecule has 0 aromatic carbocycles. The zero-order valence-electron chi connectivity index (χ0n) is 8.91. The van der Waals surface area contributed by atoms with Crippen molar-refractivity contribution in [3.63, 3.8) is 0 Å². The highest BCUT2D eigenvalue weighted by atomic mass is 79.9. The summed E-state index contributed by atoms with van der Waals surface area (Å²) in [4.78, 5) is 16.8. The number of aromatic nitrogens is 1. The number of hydrogen-bond acceptors (Lipinski definition) is 4. The van der Waals surface area contributed by atoms with Gasteiger partial charge in [0.15, 0.2) is 0 Å². The van der Waals surface area contributed by atoms with E-state index < -0.39 is 11.9 Å². The average molecular weight is 307 g/mol. The van der Waals surface area contributed by atoms with Crippen molar-refractivity contribution in [3.8, 4) is 0 Å². The second kappa shape index (κ2) is 4.21. The van der Waals surface area contributed by atoms with E-state index in [9.17, 15) is 13.6 Å². The van der Waals surface area contributed by atoms with E-state index in [1.54, 1.807) is 0 Å². The van der Waals surface area contributed by atoms with Crippen LogP contribution in [0.5, 0.6) is 0 Å². The van der Waals surface area contributed by atoms with Crippen molar-refractivity contribution in [2.75, 3.05) is 25.1 Å². The normalized spacial score (nSPS) is 17.5. The fourth-order valence-electron chi connectivity index (χ4n) is 1.54. The molecule has 2 heterocycles. The molecule has 1 fully saturated rings. The third kappa shape index (κ3) is 2.38. The predicted molar refractivity (Wildman–Crippen MR) is 60.4 cm³/mol. The van der Waals surface area contributed by atoms with Crippen LogP contribution in [0.25, 0.3) is 0 Å². The first-order valence-corrected chi connectivity index (χ1v) is 5.59. The number of alkyl halides is 2. The Bertz CT molecular complexity index is 460. The first-order chi connectivity index (χ1) is 7.93. The Labute approximate surface area is 105 Å². The first kappa shape index (κ1) is 12.2. The minimum atomic E-state index is -2.67. The highest BCUT2D eigenvalue weighted by Crippen LogP contribution is 2.32. The number of rotatable bonds is 2. The summed E-state index contributed by atoms with van der Waals surface area (Å²) in [5, 5.41) is 0. The Morgan fingerprint density at radius 3 is 2.76 bits per heavy atom. The largest absolute Gasteiger partial charge is 0.465 e. The van der Waals surface area contributed by atoms with Crippen molar-refractivity contribution in [1.82, 2.24) is 4.98 Å². The predicted octanol–water partition coefficient (Wildman–Crippen LogP) is 2.09. The van der Waals surface area contributed by atoms with Crippen LogP contribution in [0.15, 0.2) is 16.7 Å². The van der Waals surface area contributed by atoms with Crippen LogP contribution in [0.4, 0.5) is 14.6 Å². The van der Waals surface area contributed by atoms with Gasteiger partial charge in [0, 0.05) is 6.20 Å². The topological polar surface area (TPSA) is 42.4 Å². The lowest BCUT2D eigenvalue weighted by molar-refractivity contribution is -0.0267. The third-order valence-electron chi connectivity index (χ3n) is 2.41. The first-order valence-electron chi connectivity index (χ1n) is 4.79. The fourth-order valence-corrected chi connectivity index (χ4v) is 1.92. The maximum absolute atomic E-state index is 12.7. The molecule has 1 saturated heterocycles. The summed E-state index contributed by atoms with van der Waals surface area (Å²) < 4.78 is 30.5. The van der Waals surface area contributed by atoms with Gasteiger partial charge in [-0.2, -0.15) is 0 Å². The molecule has 0 unspecified atom stereocenters. The number of anilines is 1. The van der Waals surface area contributed by atoms with Crippen LogP contribution in [0, 0.1) is 0 Å². The lowest BCUT2D eigenvalue weighted by Gasteiger charge is -2.39. The molecule has 92 valence electrons. The Morgan fingerprint density at radius 2 is 2.24 bits per heavy atom. The lowest BCUT2D eigenvalue weighted by atomic mass is 10.1. The van der Waals surface area contributed by atoms with Crippen LogP contribution in [0.3, 0.4) is 0 Å². The van der Waals surface area contributed by atoms with Crippen molar-refractivity contribution in [3.05, 3.63) is 22.3 Å². The number of halogens is 3. The maximum Gasteiger partial charge on any atom is 0.339 e. The maximum atomic E-state index is 12.7. The number of hydrogen-bond donors (Lipinski definition) is 0. The fraction of sp³-hybridized carbons (Fsp3) is 0.400. The molecule has 1 aromatic heterocycles. The van der Waals surface area contributed by atoms with Gasteiger partial charge in [-0.15, -0.1) is 0 Å². The van der Waals surface area contributed by atoms with Crippen molar-refractivity contribution < 1.29 is 18.3 Å². The number of carbonyl (C=O) groups excluding carboxylic acids is 1. The molecule has 4 nitrogen and oxygen atoms in total. The monoisotopic (exact) mass is 306 g/mol. The van der Waals surface area contributed by atoms with Gasteiger partial charge in [0.05, 0.1) is 30.2 Å². The molecule has 0 bridgehead atoms. The van der Waals surface area contributed by atoms with Crippen LogP contribution in [0.2, 0.25) is 0 Å². The second-order valence-electron chi connectivity index (χ2n) is 3.73. The summed E-state index contributed by atoms with van der Waals surface area (Å²) in [6, 6.07) is 1.44. The summed E-state index contributed by atoms with van der Waals surface area (Å²) in [7, 11) is 1.26. The molecule has 7 heteroatoms. The number of carbonyl (C=O) groups is 1. The van der Waals surface area contributed by atoms with Gasteiger partial charge >= 0.3 is 5.97 Å². The average Bonchev–Trinajstić information content (AvgIpc) is 2.25. The minimum absolute atomic E-state index is 0.271. The molecule has 0 aliphatic carbocycles. The Kier molecular flexibility index (Phi) is 3.03. The number of ether oxygens (including phenoxy) is 1. The zero-order valence-corrected chi connectivity index (χ0v) is 10.5. The third-order valence-corrected chi connectivity index (χ3v) is 3.05. The minimum Gasteiger partial charge on any atom is -0.465 e. The lowest BCUT2D eigenvalue weighted by Crippen LogP contribution is -2.56. The van der Waals surface area contributed by atoms with Gasteiger partial charge in [0.1, 0.15) is 5.82 Å². The van der Waals surface area contributed by atoms with Crippen LogP contribution >= 0.6 is 15.9 Å². The molecule has 0 atom stereocenters. The highest BCUT2D eigenvalue weighted by Gasteiger charge is 2.44. The number of methoxy groups -OCH3 is 1.